The second-order valence-corrected chi connectivity index (χ2v) is 4.89. The summed E-state index contributed by atoms with van der Waals surface area (Å²) in [5.74, 6) is 1.02. The molecule has 0 aliphatic rings. The molecule has 0 atom stereocenters. The first kappa shape index (κ1) is 12.1. The molecule has 2 nitrogen and oxygen atoms in total. The van der Waals surface area contributed by atoms with E-state index < -0.39 is 0 Å². The van der Waals surface area contributed by atoms with Crippen molar-refractivity contribution in [1.82, 2.24) is 4.98 Å². The van der Waals surface area contributed by atoms with Gasteiger partial charge in [0.05, 0.1) is 6.61 Å². The molecule has 0 radical (unpaired) electrons. The molecule has 0 unspecified atom stereocenters. The SMILES string of the molecule is OCc1ccc(SCCc2ccccn2)cc1. The van der Waals surface area contributed by atoms with Crippen molar-refractivity contribution in [3.05, 3.63) is 59.9 Å². The van der Waals surface area contributed by atoms with Crippen LogP contribution in [0, 0.1) is 0 Å². The lowest BCUT2D eigenvalue weighted by Crippen LogP contribution is -1.91. The lowest BCUT2D eigenvalue weighted by atomic mass is 10.2. The van der Waals surface area contributed by atoms with Crippen molar-refractivity contribution in [1.29, 1.82) is 0 Å². The van der Waals surface area contributed by atoms with Crippen molar-refractivity contribution in [2.75, 3.05) is 5.75 Å². The number of hydrogen-bond acceptors (Lipinski definition) is 3. The number of thioether (sulfide) groups is 1. The fraction of sp³-hybridized carbons (Fsp3) is 0.214. The molecule has 1 N–H and O–H groups in total. The van der Waals surface area contributed by atoms with Crippen LogP contribution in [0.25, 0.3) is 0 Å². The molecule has 2 aromatic rings. The van der Waals surface area contributed by atoms with E-state index in [9.17, 15) is 0 Å². The Bertz CT molecular complexity index is 442. The number of hydrogen-bond donors (Lipinski definition) is 1. The zero-order chi connectivity index (χ0) is 11.9. The third-order valence-corrected chi connectivity index (χ3v) is 3.47. The maximum absolute atomic E-state index is 8.94. The van der Waals surface area contributed by atoms with Gasteiger partial charge in [0.15, 0.2) is 0 Å². The fourth-order valence-electron chi connectivity index (χ4n) is 1.51. The number of aromatic nitrogens is 1. The van der Waals surface area contributed by atoms with Gasteiger partial charge in [-0.25, -0.2) is 0 Å². The Hall–Kier alpha value is -1.32. The largest absolute Gasteiger partial charge is 0.392 e. The van der Waals surface area contributed by atoms with Gasteiger partial charge in [-0.3, -0.25) is 4.98 Å². The van der Waals surface area contributed by atoms with Gasteiger partial charge >= 0.3 is 0 Å². The summed E-state index contributed by atoms with van der Waals surface area (Å²) in [7, 11) is 0. The maximum Gasteiger partial charge on any atom is 0.0681 e. The molecule has 0 fully saturated rings. The van der Waals surface area contributed by atoms with Gasteiger partial charge < -0.3 is 5.11 Å². The number of nitrogens with zero attached hydrogens (tertiary/aromatic N) is 1. The topological polar surface area (TPSA) is 33.1 Å². The molecule has 1 heterocycles. The Morgan fingerprint density at radius 1 is 1.06 bits per heavy atom. The second kappa shape index (κ2) is 6.42. The molecule has 0 spiro atoms. The molecule has 0 aliphatic heterocycles. The highest BCUT2D eigenvalue weighted by Crippen LogP contribution is 2.19. The molecule has 0 bridgehead atoms. The van der Waals surface area contributed by atoms with E-state index in [-0.39, 0.29) is 6.61 Å². The minimum absolute atomic E-state index is 0.110. The van der Waals surface area contributed by atoms with Gasteiger partial charge in [-0.1, -0.05) is 18.2 Å². The van der Waals surface area contributed by atoms with Crippen molar-refractivity contribution in [2.24, 2.45) is 0 Å². The van der Waals surface area contributed by atoms with Gasteiger partial charge in [0.1, 0.15) is 0 Å². The van der Waals surface area contributed by atoms with Crippen LogP contribution in [0.2, 0.25) is 0 Å². The minimum Gasteiger partial charge on any atom is -0.392 e. The van der Waals surface area contributed by atoms with Crippen LogP contribution in [0.4, 0.5) is 0 Å². The highest BCUT2D eigenvalue weighted by Gasteiger charge is 1.97. The molecule has 0 amide bonds. The van der Waals surface area contributed by atoms with Crippen LogP contribution in [0.15, 0.2) is 53.6 Å². The van der Waals surface area contributed by atoms with E-state index in [1.165, 1.54) is 4.90 Å². The van der Waals surface area contributed by atoms with Crippen LogP contribution in [-0.2, 0) is 13.0 Å². The Morgan fingerprint density at radius 3 is 2.53 bits per heavy atom. The van der Waals surface area contributed by atoms with Crippen molar-refractivity contribution in [3.8, 4) is 0 Å². The van der Waals surface area contributed by atoms with Gasteiger partial charge in [0.25, 0.3) is 0 Å². The molecular weight excluding hydrogens is 230 g/mol. The molecule has 1 aromatic carbocycles. The Balaban J connectivity index is 1.82. The predicted molar refractivity (Wildman–Crippen MR) is 71.0 cm³/mol. The number of aryl methyl sites for hydroxylation is 1. The standard InChI is InChI=1S/C14H15NOS/c16-11-12-4-6-14(7-5-12)17-10-8-13-3-1-2-9-15-13/h1-7,9,16H,8,10-11H2. The first-order valence-electron chi connectivity index (χ1n) is 5.61. The smallest absolute Gasteiger partial charge is 0.0681 e. The number of rotatable bonds is 5. The summed E-state index contributed by atoms with van der Waals surface area (Å²) in [6, 6.07) is 14.0. The van der Waals surface area contributed by atoms with E-state index in [0.717, 1.165) is 23.4 Å². The highest BCUT2D eigenvalue weighted by molar-refractivity contribution is 7.99. The van der Waals surface area contributed by atoms with Crippen molar-refractivity contribution in [2.45, 2.75) is 17.9 Å². The molecule has 2 rings (SSSR count). The van der Waals surface area contributed by atoms with Gasteiger partial charge in [0, 0.05) is 22.5 Å². The maximum atomic E-state index is 8.94. The number of pyridine rings is 1. The average molecular weight is 245 g/mol. The normalized spacial score (nSPS) is 10.4. The van der Waals surface area contributed by atoms with Crippen molar-refractivity contribution < 1.29 is 5.11 Å². The molecule has 1 aromatic heterocycles. The Kier molecular flexibility index (Phi) is 4.59. The molecule has 0 saturated carbocycles. The lowest BCUT2D eigenvalue weighted by Gasteiger charge is -2.02. The van der Waals surface area contributed by atoms with Crippen molar-refractivity contribution in [3.63, 3.8) is 0 Å². The third kappa shape index (κ3) is 3.88. The van der Waals surface area contributed by atoms with E-state index >= 15 is 0 Å². The first-order chi connectivity index (χ1) is 8.38. The molecule has 0 aliphatic carbocycles. The molecule has 17 heavy (non-hydrogen) atoms. The van der Waals surface area contributed by atoms with Gasteiger partial charge in [0.2, 0.25) is 0 Å². The zero-order valence-corrected chi connectivity index (χ0v) is 10.4. The Morgan fingerprint density at radius 2 is 1.88 bits per heavy atom. The number of aliphatic hydroxyl groups excluding tert-OH is 1. The van der Waals surface area contributed by atoms with E-state index in [2.05, 4.69) is 23.2 Å². The monoisotopic (exact) mass is 245 g/mol. The average Bonchev–Trinajstić information content (AvgIpc) is 2.41. The van der Waals surface area contributed by atoms with E-state index in [1.807, 2.05) is 42.2 Å². The van der Waals surface area contributed by atoms with E-state index in [0.29, 0.717) is 0 Å². The van der Waals surface area contributed by atoms with Gasteiger partial charge in [-0.15, -0.1) is 11.8 Å². The summed E-state index contributed by atoms with van der Waals surface area (Å²) < 4.78 is 0. The van der Waals surface area contributed by atoms with E-state index in [4.69, 9.17) is 5.11 Å². The second-order valence-electron chi connectivity index (χ2n) is 3.72. The summed E-state index contributed by atoms with van der Waals surface area (Å²) in [6.07, 6.45) is 2.81. The van der Waals surface area contributed by atoms with Crippen LogP contribution in [0.1, 0.15) is 11.3 Å². The first-order valence-corrected chi connectivity index (χ1v) is 6.59. The third-order valence-electron chi connectivity index (χ3n) is 2.46. The van der Waals surface area contributed by atoms with Crippen LogP contribution < -0.4 is 0 Å². The van der Waals surface area contributed by atoms with Crippen LogP contribution in [-0.4, -0.2) is 15.8 Å². The van der Waals surface area contributed by atoms with Crippen LogP contribution >= 0.6 is 11.8 Å². The van der Waals surface area contributed by atoms with Crippen LogP contribution in [0.3, 0.4) is 0 Å². The lowest BCUT2D eigenvalue weighted by molar-refractivity contribution is 0.282. The summed E-state index contributed by atoms with van der Waals surface area (Å²) >= 11 is 1.81. The molecule has 3 heteroatoms. The van der Waals surface area contributed by atoms with Gasteiger partial charge in [-0.2, -0.15) is 0 Å². The number of aliphatic hydroxyl groups is 1. The summed E-state index contributed by atoms with van der Waals surface area (Å²) in [4.78, 5) is 5.53. The predicted octanol–water partition coefficient (Wildman–Crippen LogP) is 2.91. The van der Waals surface area contributed by atoms with Crippen LogP contribution in [0.5, 0.6) is 0 Å². The molecule has 0 saturated heterocycles. The fourth-order valence-corrected chi connectivity index (χ4v) is 2.39. The van der Waals surface area contributed by atoms with Gasteiger partial charge in [-0.05, 0) is 36.2 Å². The zero-order valence-electron chi connectivity index (χ0n) is 9.54. The minimum atomic E-state index is 0.110. The molecular formula is C14H15NOS. The quantitative estimate of drug-likeness (QED) is 0.822. The Labute approximate surface area is 106 Å². The van der Waals surface area contributed by atoms with Crippen molar-refractivity contribution >= 4 is 11.8 Å². The summed E-state index contributed by atoms with van der Waals surface area (Å²) in [6.45, 7) is 0.110. The summed E-state index contributed by atoms with van der Waals surface area (Å²) in [5.41, 5.74) is 2.09. The van der Waals surface area contributed by atoms with E-state index in [1.54, 1.807) is 0 Å². The highest BCUT2D eigenvalue weighted by atomic mass is 32.2. The number of benzene rings is 1. The summed E-state index contributed by atoms with van der Waals surface area (Å²) in [5, 5.41) is 8.94. The molecule has 88 valence electrons.